The van der Waals surface area contributed by atoms with E-state index < -0.39 is 0 Å². The van der Waals surface area contributed by atoms with E-state index in [2.05, 4.69) is 31.3 Å². The highest BCUT2D eigenvalue weighted by Crippen LogP contribution is 2.31. The summed E-state index contributed by atoms with van der Waals surface area (Å²) < 4.78 is 11.0. The van der Waals surface area contributed by atoms with Crippen molar-refractivity contribution < 1.29 is 9.47 Å². The van der Waals surface area contributed by atoms with Gasteiger partial charge in [-0.05, 0) is 37.1 Å². The SMILES string of the molecule is COc1cc(C)c(C)cc1C1CNCO1. The molecule has 3 heteroatoms. The zero-order valence-corrected chi connectivity index (χ0v) is 9.46. The van der Waals surface area contributed by atoms with Gasteiger partial charge in [0, 0.05) is 12.1 Å². The van der Waals surface area contributed by atoms with E-state index in [0.717, 1.165) is 17.9 Å². The van der Waals surface area contributed by atoms with Crippen molar-refractivity contribution in [3.8, 4) is 5.75 Å². The molecule has 1 saturated heterocycles. The molecule has 0 spiro atoms. The molecule has 0 aromatic heterocycles. The number of nitrogens with one attached hydrogen (secondary N) is 1. The summed E-state index contributed by atoms with van der Waals surface area (Å²) in [4.78, 5) is 0. The molecule has 0 amide bonds. The van der Waals surface area contributed by atoms with Gasteiger partial charge >= 0.3 is 0 Å². The number of hydrogen-bond acceptors (Lipinski definition) is 3. The van der Waals surface area contributed by atoms with E-state index in [-0.39, 0.29) is 6.10 Å². The number of ether oxygens (including phenoxy) is 2. The quantitative estimate of drug-likeness (QED) is 0.803. The maximum Gasteiger partial charge on any atom is 0.125 e. The van der Waals surface area contributed by atoms with Gasteiger partial charge in [0.15, 0.2) is 0 Å². The molecule has 1 N–H and O–H groups in total. The molecule has 1 heterocycles. The van der Waals surface area contributed by atoms with Gasteiger partial charge in [0.2, 0.25) is 0 Å². The number of methoxy groups -OCH3 is 1. The third kappa shape index (κ3) is 1.98. The molecule has 1 aliphatic rings. The lowest BCUT2D eigenvalue weighted by molar-refractivity contribution is 0.112. The molecule has 1 fully saturated rings. The summed E-state index contributed by atoms with van der Waals surface area (Å²) in [6, 6.07) is 4.23. The minimum Gasteiger partial charge on any atom is -0.496 e. The first-order valence-corrected chi connectivity index (χ1v) is 5.20. The Balaban J connectivity index is 2.39. The van der Waals surface area contributed by atoms with Crippen LogP contribution >= 0.6 is 0 Å². The van der Waals surface area contributed by atoms with Crippen LogP contribution in [0.25, 0.3) is 0 Å². The van der Waals surface area contributed by atoms with E-state index >= 15 is 0 Å². The van der Waals surface area contributed by atoms with Gasteiger partial charge in [0.1, 0.15) is 11.9 Å². The van der Waals surface area contributed by atoms with Crippen molar-refractivity contribution in [1.29, 1.82) is 0 Å². The topological polar surface area (TPSA) is 30.5 Å². The van der Waals surface area contributed by atoms with Gasteiger partial charge in [0.25, 0.3) is 0 Å². The molecule has 0 aliphatic carbocycles. The summed E-state index contributed by atoms with van der Waals surface area (Å²) in [7, 11) is 1.70. The lowest BCUT2D eigenvalue weighted by atomic mass is 10.0. The van der Waals surface area contributed by atoms with Crippen LogP contribution in [-0.2, 0) is 4.74 Å². The largest absolute Gasteiger partial charge is 0.496 e. The highest BCUT2D eigenvalue weighted by Gasteiger charge is 2.21. The van der Waals surface area contributed by atoms with Crippen molar-refractivity contribution >= 4 is 0 Å². The highest BCUT2D eigenvalue weighted by molar-refractivity contribution is 5.43. The smallest absolute Gasteiger partial charge is 0.125 e. The van der Waals surface area contributed by atoms with E-state index in [0.29, 0.717) is 6.73 Å². The second-order valence-electron chi connectivity index (χ2n) is 3.93. The Morgan fingerprint density at radius 1 is 1.33 bits per heavy atom. The molecular formula is C12H17NO2. The molecule has 0 saturated carbocycles. The van der Waals surface area contributed by atoms with E-state index in [9.17, 15) is 0 Å². The molecule has 1 atom stereocenters. The zero-order valence-electron chi connectivity index (χ0n) is 9.46. The average molecular weight is 207 g/mol. The van der Waals surface area contributed by atoms with Gasteiger partial charge in [-0.25, -0.2) is 0 Å². The minimum atomic E-state index is 0.124. The monoisotopic (exact) mass is 207 g/mol. The predicted molar refractivity (Wildman–Crippen MR) is 59.2 cm³/mol. The summed E-state index contributed by atoms with van der Waals surface area (Å²) in [6.45, 7) is 5.69. The van der Waals surface area contributed by atoms with Crippen LogP contribution in [0.3, 0.4) is 0 Å². The van der Waals surface area contributed by atoms with Gasteiger partial charge in [-0.2, -0.15) is 0 Å². The van der Waals surface area contributed by atoms with Crippen LogP contribution in [0.1, 0.15) is 22.8 Å². The van der Waals surface area contributed by atoms with Crippen molar-refractivity contribution in [3.63, 3.8) is 0 Å². The zero-order chi connectivity index (χ0) is 10.8. The third-order valence-electron chi connectivity index (χ3n) is 2.91. The molecule has 3 nitrogen and oxygen atoms in total. The molecule has 0 bridgehead atoms. The van der Waals surface area contributed by atoms with Crippen LogP contribution in [0.15, 0.2) is 12.1 Å². The van der Waals surface area contributed by atoms with Crippen molar-refractivity contribution in [1.82, 2.24) is 5.32 Å². The standard InChI is InChI=1S/C12H17NO2/c1-8-4-10(12-6-13-7-15-12)11(14-3)5-9(8)2/h4-5,12-13H,6-7H2,1-3H3. The van der Waals surface area contributed by atoms with Gasteiger partial charge in [-0.1, -0.05) is 0 Å². The van der Waals surface area contributed by atoms with Gasteiger partial charge in [0.05, 0.1) is 13.8 Å². The van der Waals surface area contributed by atoms with Crippen LogP contribution < -0.4 is 10.1 Å². The normalized spacial score (nSPS) is 20.6. The van der Waals surface area contributed by atoms with Crippen LogP contribution in [0, 0.1) is 13.8 Å². The van der Waals surface area contributed by atoms with Crippen molar-refractivity contribution in [2.75, 3.05) is 20.4 Å². The summed E-state index contributed by atoms with van der Waals surface area (Å²) in [5.74, 6) is 0.923. The Kier molecular flexibility index (Phi) is 2.93. The van der Waals surface area contributed by atoms with Crippen LogP contribution in [0.4, 0.5) is 0 Å². The fourth-order valence-electron chi connectivity index (χ4n) is 1.85. The van der Waals surface area contributed by atoms with E-state index in [1.165, 1.54) is 11.1 Å². The lowest BCUT2D eigenvalue weighted by Crippen LogP contribution is -2.09. The summed E-state index contributed by atoms with van der Waals surface area (Å²) in [5, 5.41) is 3.18. The third-order valence-corrected chi connectivity index (χ3v) is 2.91. The van der Waals surface area contributed by atoms with Crippen LogP contribution in [-0.4, -0.2) is 20.4 Å². The molecule has 1 unspecified atom stereocenters. The van der Waals surface area contributed by atoms with Crippen molar-refractivity contribution in [2.45, 2.75) is 20.0 Å². The van der Waals surface area contributed by atoms with E-state index in [1.807, 2.05) is 0 Å². The second-order valence-corrected chi connectivity index (χ2v) is 3.93. The second kappa shape index (κ2) is 4.21. The number of benzene rings is 1. The summed E-state index contributed by atoms with van der Waals surface area (Å²) in [6.07, 6.45) is 0.124. The molecule has 82 valence electrons. The summed E-state index contributed by atoms with van der Waals surface area (Å²) >= 11 is 0. The molecule has 0 radical (unpaired) electrons. The molecule has 2 rings (SSSR count). The Hall–Kier alpha value is -1.06. The fraction of sp³-hybridized carbons (Fsp3) is 0.500. The Bertz CT molecular complexity index is 357. The highest BCUT2D eigenvalue weighted by atomic mass is 16.5. The van der Waals surface area contributed by atoms with E-state index in [4.69, 9.17) is 9.47 Å². The van der Waals surface area contributed by atoms with Crippen LogP contribution in [0.2, 0.25) is 0 Å². The molecule has 15 heavy (non-hydrogen) atoms. The maximum absolute atomic E-state index is 5.59. The number of aryl methyl sites for hydroxylation is 2. The van der Waals surface area contributed by atoms with Crippen LogP contribution in [0.5, 0.6) is 5.75 Å². The minimum absolute atomic E-state index is 0.124. The maximum atomic E-state index is 5.59. The van der Waals surface area contributed by atoms with Gasteiger partial charge < -0.3 is 9.47 Å². The molecule has 1 aromatic carbocycles. The predicted octanol–water partition coefficient (Wildman–Crippen LogP) is 1.93. The first kappa shape index (κ1) is 10.5. The molecule has 1 aliphatic heterocycles. The van der Waals surface area contributed by atoms with Gasteiger partial charge in [-0.15, -0.1) is 0 Å². The van der Waals surface area contributed by atoms with Crippen molar-refractivity contribution in [2.24, 2.45) is 0 Å². The average Bonchev–Trinajstić information content (AvgIpc) is 2.74. The van der Waals surface area contributed by atoms with Gasteiger partial charge in [-0.3, -0.25) is 5.32 Å². The molecular weight excluding hydrogens is 190 g/mol. The Morgan fingerprint density at radius 3 is 2.67 bits per heavy atom. The Labute approximate surface area is 90.4 Å². The number of rotatable bonds is 2. The van der Waals surface area contributed by atoms with Crippen molar-refractivity contribution in [3.05, 3.63) is 28.8 Å². The Morgan fingerprint density at radius 2 is 2.07 bits per heavy atom. The number of hydrogen-bond donors (Lipinski definition) is 1. The first-order chi connectivity index (χ1) is 7.22. The van der Waals surface area contributed by atoms with E-state index in [1.54, 1.807) is 7.11 Å². The molecule has 1 aromatic rings. The first-order valence-electron chi connectivity index (χ1n) is 5.20. The lowest BCUT2D eigenvalue weighted by Gasteiger charge is -2.15. The summed E-state index contributed by atoms with van der Waals surface area (Å²) in [5.41, 5.74) is 3.67. The fourth-order valence-corrected chi connectivity index (χ4v) is 1.85.